The summed E-state index contributed by atoms with van der Waals surface area (Å²) >= 11 is 0. The van der Waals surface area contributed by atoms with Crippen LogP contribution in [0.2, 0.25) is 0 Å². The molecule has 0 amide bonds. The van der Waals surface area contributed by atoms with Crippen molar-refractivity contribution in [3.8, 4) is 0 Å². The van der Waals surface area contributed by atoms with Crippen LogP contribution in [0.3, 0.4) is 0 Å². The normalized spacial score (nSPS) is 45.8. The van der Waals surface area contributed by atoms with Crippen LogP contribution >= 0.6 is 0 Å². The van der Waals surface area contributed by atoms with Gasteiger partial charge in [-0.05, 0) is 6.92 Å². The summed E-state index contributed by atoms with van der Waals surface area (Å²) in [7, 11) is 1.60. The van der Waals surface area contributed by atoms with E-state index in [-0.39, 0.29) is 18.2 Å². The van der Waals surface area contributed by atoms with Crippen molar-refractivity contribution in [2.75, 3.05) is 7.11 Å². The minimum atomic E-state index is -0.730. The standard InChI is InChI=1S/C7H15NO3/c1-4-7(10-2)5(8)3-6(9)11-4/h4-7,9H,3,8H2,1-2H3/t4-,5-,6+,7-/m0/s1. The molecule has 1 aliphatic rings. The van der Waals surface area contributed by atoms with E-state index in [0.29, 0.717) is 6.42 Å². The summed E-state index contributed by atoms with van der Waals surface area (Å²) in [6, 6.07) is -0.126. The van der Waals surface area contributed by atoms with Crippen molar-refractivity contribution in [3.05, 3.63) is 0 Å². The number of rotatable bonds is 1. The fourth-order valence-corrected chi connectivity index (χ4v) is 1.46. The minimum Gasteiger partial charge on any atom is -0.377 e. The van der Waals surface area contributed by atoms with Crippen molar-refractivity contribution < 1.29 is 14.6 Å². The highest BCUT2D eigenvalue weighted by Crippen LogP contribution is 2.18. The molecule has 1 heterocycles. The monoisotopic (exact) mass is 161 g/mol. The maximum Gasteiger partial charge on any atom is 0.156 e. The number of ether oxygens (including phenoxy) is 2. The summed E-state index contributed by atoms with van der Waals surface area (Å²) in [6.45, 7) is 1.84. The van der Waals surface area contributed by atoms with Gasteiger partial charge in [-0.3, -0.25) is 0 Å². The fraction of sp³-hybridized carbons (Fsp3) is 1.00. The van der Waals surface area contributed by atoms with Crippen molar-refractivity contribution in [1.29, 1.82) is 0 Å². The second-order valence-electron chi connectivity index (χ2n) is 2.90. The third-order valence-corrected chi connectivity index (χ3v) is 2.00. The lowest BCUT2D eigenvalue weighted by atomic mass is 10.0. The van der Waals surface area contributed by atoms with Crippen LogP contribution in [0.15, 0.2) is 0 Å². The zero-order valence-corrected chi connectivity index (χ0v) is 6.86. The number of hydrogen-bond acceptors (Lipinski definition) is 4. The maximum atomic E-state index is 9.11. The zero-order valence-electron chi connectivity index (χ0n) is 6.86. The van der Waals surface area contributed by atoms with E-state index in [0.717, 1.165) is 0 Å². The van der Waals surface area contributed by atoms with Gasteiger partial charge in [0.15, 0.2) is 6.29 Å². The van der Waals surface area contributed by atoms with Gasteiger partial charge in [0.25, 0.3) is 0 Å². The third kappa shape index (κ3) is 1.90. The van der Waals surface area contributed by atoms with Gasteiger partial charge in [0.1, 0.15) is 0 Å². The molecule has 0 aromatic rings. The van der Waals surface area contributed by atoms with Crippen molar-refractivity contribution >= 4 is 0 Å². The first-order valence-electron chi connectivity index (χ1n) is 3.77. The van der Waals surface area contributed by atoms with Gasteiger partial charge < -0.3 is 20.3 Å². The van der Waals surface area contributed by atoms with Crippen LogP contribution in [-0.4, -0.2) is 36.8 Å². The van der Waals surface area contributed by atoms with Crippen LogP contribution in [0.25, 0.3) is 0 Å². The topological polar surface area (TPSA) is 64.7 Å². The lowest BCUT2D eigenvalue weighted by Gasteiger charge is -2.35. The van der Waals surface area contributed by atoms with E-state index in [1.54, 1.807) is 7.11 Å². The Labute approximate surface area is 66.3 Å². The summed E-state index contributed by atoms with van der Waals surface area (Å²) in [4.78, 5) is 0. The van der Waals surface area contributed by atoms with Gasteiger partial charge in [-0.1, -0.05) is 0 Å². The van der Waals surface area contributed by atoms with Gasteiger partial charge >= 0.3 is 0 Å². The van der Waals surface area contributed by atoms with E-state index in [2.05, 4.69) is 0 Å². The molecule has 1 aliphatic heterocycles. The fourth-order valence-electron chi connectivity index (χ4n) is 1.46. The van der Waals surface area contributed by atoms with Crippen LogP contribution in [0.5, 0.6) is 0 Å². The molecule has 66 valence electrons. The van der Waals surface area contributed by atoms with Crippen molar-refractivity contribution in [1.82, 2.24) is 0 Å². The van der Waals surface area contributed by atoms with Crippen molar-refractivity contribution in [2.45, 2.75) is 37.9 Å². The van der Waals surface area contributed by atoms with E-state index < -0.39 is 6.29 Å². The molecule has 0 aromatic carbocycles. The lowest BCUT2D eigenvalue weighted by molar-refractivity contribution is -0.204. The summed E-state index contributed by atoms with van der Waals surface area (Å²) in [5, 5.41) is 9.11. The largest absolute Gasteiger partial charge is 0.377 e. The Balaban J connectivity index is 2.52. The Bertz CT molecular complexity index is 119. The highest BCUT2D eigenvalue weighted by molar-refractivity contribution is 4.83. The van der Waals surface area contributed by atoms with Crippen LogP contribution in [-0.2, 0) is 9.47 Å². The zero-order chi connectivity index (χ0) is 8.43. The Kier molecular flexibility index (Phi) is 2.84. The van der Waals surface area contributed by atoms with Gasteiger partial charge in [0.05, 0.1) is 12.2 Å². The average molecular weight is 161 g/mol. The number of hydrogen-bond donors (Lipinski definition) is 2. The Morgan fingerprint density at radius 3 is 2.73 bits per heavy atom. The summed E-state index contributed by atoms with van der Waals surface area (Å²) in [5.74, 6) is 0. The second kappa shape index (κ2) is 3.49. The third-order valence-electron chi connectivity index (χ3n) is 2.00. The summed E-state index contributed by atoms with van der Waals surface area (Å²) in [5.41, 5.74) is 5.71. The molecular weight excluding hydrogens is 146 g/mol. The van der Waals surface area contributed by atoms with E-state index in [1.165, 1.54) is 0 Å². The van der Waals surface area contributed by atoms with Gasteiger partial charge in [0.2, 0.25) is 0 Å². The Hall–Kier alpha value is -0.160. The molecule has 0 spiro atoms. The first-order chi connectivity index (χ1) is 5.15. The van der Waals surface area contributed by atoms with Gasteiger partial charge in [-0.15, -0.1) is 0 Å². The maximum absolute atomic E-state index is 9.11. The molecule has 0 aliphatic carbocycles. The molecule has 3 N–H and O–H groups in total. The number of aliphatic hydroxyl groups is 1. The molecule has 1 fully saturated rings. The van der Waals surface area contributed by atoms with E-state index in [1.807, 2.05) is 6.92 Å². The van der Waals surface area contributed by atoms with Crippen LogP contribution in [0, 0.1) is 0 Å². The lowest BCUT2D eigenvalue weighted by Crippen LogP contribution is -2.51. The minimum absolute atomic E-state index is 0.0987. The average Bonchev–Trinajstić information content (AvgIpc) is 1.85. The predicted octanol–water partition coefficient (Wildman–Crippen LogP) is -0.544. The summed E-state index contributed by atoms with van der Waals surface area (Å²) < 4.78 is 10.2. The quantitative estimate of drug-likeness (QED) is 0.542. The van der Waals surface area contributed by atoms with Gasteiger partial charge in [0, 0.05) is 19.6 Å². The molecule has 0 bridgehead atoms. The molecule has 0 saturated carbocycles. The Morgan fingerprint density at radius 2 is 2.27 bits per heavy atom. The molecule has 4 nitrogen and oxygen atoms in total. The van der Waals surface area contributed by atoms with Crippen molar-refractivity contribution in [2.24, 2.45) is 5.73 Å². The number of nitrogens with two attached hydrogens (primary N) is 1. The predicted molar refractivity (Wildman–Crippen MR) is 39.9 cm³/mol. The van der Waals surface area contributed by atoms with Crippen molar-refractivity contribution in [3.63, 3.8) is 0 Å². The molecular formula is C7H15NO3. The second-order valence-corrected chi connectivity index (χ2v) is 2.90. The van der Waals surface area contributed by atoms with Crippen LogP contribution in [0.1, 0.15) is 13.3 Å². The van der Waals surface area contributed by atoms with E-state index in [4.69, 9.17) is 20.3 Å². The molecule has 1 rings (SSSR count). The Morgan fingerprint density at radius 1 is 1.64 bits per heavy atom. The van der Waals surface area contributed by atoms with E-state index in [9.17, 15) is 0 Å². The number of aliphatic hydroxyl groups excluding tert-OH is 1. The first kappa shape index (κ1) is 8.93. The smallest absolute Gasteiger partial charge is 0.156 e. The van der Waals surface area contributed by atoms with E-state index >= 15 is 0 Å². The molecule has 11 heavy (non-hydrogen) atoms. The highest BCUT2D eigenvalue weighted by atomic mass is 16.6. The summed E-state index contributed by atoms with van der Waals surface area (Å²) in [6.07, 6.45) is -0.508. The molecule has 0 aromatic heterocycles. The molecule has 0 radical (unpaired) electrons. The first-order valence-corrected chi connectivity index (χ1v) is 3.77. The SMILES string of the molecule is CO[C@H]1[C@H](C)O[C@@H](O)C[C@@H]1N. The van der Waals surface area contributed by atoms with Gasteiger partial charge in [-0.25, -0.2) is 0 Å². The molecule has 4 heteroatoms. The molecule has 1 saturated heterocycles. The van der Waals surface area contributed by atoms with Crippen LogP contribution < -0.4 is 5.73 Å². The molecule has 0 unspecified atom stereocenters. The van der Waals surface area contributed by atoms with Crippen LogP contribution in [0.4, 0.5) is 0 Å². The number of methoxy groups -OCH3 is 1. The highest BCUT2D eigenvalue weighted by Gasteiger charge is 2.33. The van der Waals surface area contributed by atoms with Gasteiger partial charge in [-0.2, -0.15) is 0 Å². The molecule has 4 atom stereocenters.